The number of imide groups is 1. The number of nitrogens with one attached hydrogen (secondary N) is 4. The van der Waals surface area contributed by atoms with E-state index < -0.39 is 5.91 Å². The number of piperidine rings is 1. The Bertz CT molecular complexity index is 975. The van der Waals surface area contributed by atoms with Crippen LogP contribution in [0.4, 0.5) is 16.4 Å². The fraction of sp³-hybridized carbons (Fsp3) is 0.619. The molecule has 15 heteroatoms. The van der Waals surface area contributed by atoms with Gasteiger partial charge in [0.15, 0.2) is 28.4 Å². The Morgan fingerprint density at radius 1 is 1.19 bits per heavy atom. The number of amides is 3. The number of unbranched alkanes of at least 4 members (excludes halogenated alkanes) is 1. The van der Waals surface area contributed by atoms with E-state index in [1.807, 2.05) is 0 Å². The van der Waals surface area contributed by atoms with Gasteiger partial charge in [-0.2, -0.15) is 0 Å². The predicted molar refractivity (Wildman–Crippen MR) is 138 cm³/mol. The lowest BCUT2D eigenvalue weighted by atomic mass is 10.1. The zero-order chi connectivity index (χ0) is 26.1. The van der Waals surface area contributed by atoms with Crippen LogP contribution < -0.4 is 27.4 Å². The van der Waals surface area contributed by atoms with E-state index in [0.717, 1.165) is 63.5 Å². The van der Waals surface area contributed by atoms with E-state index in [9.17, 15) is 14.4 Å². The van der Waals surface area contributed by atoms with Crippen molar-refractivity contribution in [1.82, 2.24) is 30.8 Å². The summed E-state index contributed by atoms with van der Waals surface area (Å²) in [5.41, 5.74) is 11.0. The number of thioether (sulfide) groups is 1. The standard InChI is InChI=1S/C21H32ClN9O4S/c22-15-17(24)28-16(23)14(27-15)19(33)29-20(25)26-7-1-2-8-31-9-5-12(6-10-31)35-11-3-4-13-18(32)30-21(34)36-13/h12-13H,1-11H2,(H4,23,24,28)(H,30,32,34)(H3,25,26,29,33). The maximum atomic E-state index is 12.2. The Morgan fingerprint density at radius 2 is 1.94 bits per heavy atom. The lowest BCUT2D eigenvalue weighted by Crippen LogP contribution is -2.41. The minimum absolute atomic E-state index is 0.0687. The summed E-state index contributed by atoms with van der Waals surface area (Å²) in [4.78, 5) is 44.9. The minimum atomic E-state index is -0.692. The van der Waals surface area contributed by atoms with Gasteiger partial charge in [0, 0.05) is 26.2 Å². The van der Waals surface area contributed by atoms with Crippen LogP contribution in [0.5, 0.6) is 0 Å². The van der Waals surface area contributed by atoms with Crippen LogP contribution in [0.2, 0.25) is 5.15 Å². The average Bonchev–Trinajstić information content (AvgIpc) is 3.16. The predicted octanol–water partition coefficient (Wildman–Crippen LogP) is 0.942. The largest absolute Gasteiger partial charge is 0.382 e. The van der Waals surface area contributed by atoms with Gasteiger partial charge < -0.3 is 26.4 Å². The van der Waals surface area contributed by atoms with Gasteiger partial charge in [0.25, 0.3) is 11.1 Å². The van der Waals surface area contributed by atoms with E-state index >= 15 is 0 Å². The first-order valence-corrected chi connectivity index (χ1v) is 13.1. The Hall–Kier alpha value is -2.68. The topological polar surface area (TPSA) is 201 Å². The number of nitrogens with zero attached hydrogens (tertiary/aromatic N) is 3. The Balaban J connectivity index is 1.20. The lowest BCUT2D eigenvalue weighted by Gasteiger charge is -2.32. The highest BCUT2D eigenvalue weighted by Crippen LogP contribution is 2.23. The number of halogens is 1. The molecule has 3 amide bonds. The Morgan fingerprint density at radius 3 is 2.64 bits per heavy atom. The number of carbonyl (C=O) groups excluding carboxylic acids is 3. The van der Waals surface area contributed by atoms with E-state index in [1.54, 1.807) is 0 Å². The van der Waals surface area contributed by atoms with Crippen LogP contribution in [0.1, 0.15) is 49.0 Å². The first-order chi connectivity index (χ1) is 17.2. The molecule has 36 heavy (non-hydrogen) atoms. The van der Waals surface area contributed by atoms with Crippen LogP contribution in [0, 0.1) is 5.41 Å². The van der Waals surface area contributed by atoms with E-state index in [1.165, 1.54) is 0 Å². The molecule has 2 aliphatic rings. The number of nitrogens with two attached hydrogens (primary N) is 2. The van der Waals surface area contributed by atoms with Gasteiger partial charge in [-0.3, -0.25) is 30.4 Å². The average molecular weight is 542 g/mol. The Kier molecular flexibility index (Phi) is 10.5. The number of nitrogen functional groups attached to an aromatic ring is 2. The second-order valence-corrected chi connectivity index (χ2v) is 10.1. The van der Waals surface area contributed by atoms with Crippen molar-refractivity contribution in [2.75, 3.05) is 44.3 Å². The van der Waals surface area contributed by atoms with Crippen LogP contribution in [0.3, 0.4) is 0 Å². The molecule has 3 rings (SSSR count). The molecule has 1 aromatic heterocycles. The number of likely N-dealkylation sites (tertiary alicyclic amines) is 1. The van der Waals surface area contributed by atoms with Crippen molar-refractivity contribution in [3.05, 3.63) is 10.8 Å². The Labute approximate surface area is 218 Å². The second kappa shape index (κ2) is 13.6. The van der Waals surface area contributed by atoms with Gasteiger partial charge in [0.1, 0.15) is 0 Å². The van der Waals surface area contributed by atoms with Crippen molar-refractivity contribution in [2.24, 2.45) is 0 Å². The third kappa shape index (κ3) is 8.47. The quantitative estimate of drug-likeness (QED) is 0.132. The van der Waals surface area contributed by atoms with Crippen LogP contribution >= 0.6 is 23.4 Å². The summed E-state index contributed by atoms with van der Waals surface area (Å²) in [5.74, 6) is -1.28. The maximum absolute atomic E-state index is 12.2. The summed E-state index contributed by atoms with van der Waals surface area (Å²) in [5, 5.41) is 14.7. The fourth-order valence-corrected chi connectivity index (χ4v) is 4.90. The number of ether oxygens (including phenoxy) is 1. The summed E-state index contributed by atoms with van der Waals surface area (Å²) in [7, 11) is 0. The molecule has 13 nitrogen and oxygen atoms in total. The maximum Gasteiger partial charge on any atom is 0.286 e. The summed E-state index contributed by atoms with van der Waals surface area (Å²) >= 11 is 6.84. The smallest absolute Gasteiger partial charge is 0.286 e. The van der Waals surface area contributed by atoms with Crippen molar-refractivity contribution in [1.29, 1.82) is 5.41 Å². The number of hydrogen-bond acceptors (Lipinski definition) is 11. The van der Waals surface area contributed by atoms with Gasteiger partial charge in [0.2, 0.25) is 5.91 Å². The van der Waals surface area contributed by atoms with Gasteiger partial charge in [-0.05, 0) is 45.1 Å². The first-order valence-electron chi connectivity index (χ1n) is 11.8. The van der Waals surface area contributed by atoms with E-state index in [0.29, 0.717) is 19.6 Å². The summed E-state index contributed by atoms with van der Waals surface area (Å²) in [6.45, 7) is 4.01. The second-order valence-electron chi connectivity index (χ2n) is 8.53. The molecular formula is C21H32ClN9O4S. The van der Waals surface area contributed by atoms with Crippen LogP contribution in [0.15, 0.2) is 0 Å². The van der Waals surface area contributed by atoms with E-state index in [-0.39, 0.29) is 50.9 Å². The minimum Gasteiger partial charge on any atom is -0.382 e. The van der Waals surface area contributed by atoms with Crippen molar-refractivity contribution in [3.8, 4) is 0 Å². The summed E-state index contributed by atoms with van der Waals surface area (Å²) < 4.78 is 5.96. The summed E-state index contributed by atoms with van der Waals surface area (Å²) in [6.07, 6.45) is 5.35. The molecule has 0 saturated carbocycles. The SMILES string of the molecule is N=C(NCCCCN1CCC(OCCCC2SC(=O)NC2=O)CC1)NC(=O)c1nc(Cl)c(N)nc1N. The molecule has 198 valence electrons. The molecular weight excluding hydrogens is 510 g/mol. The molecule has 0 bridgehead atoms. The van der Waals surface area contributed by atoms with Gasteiger partial charge in [-0.25, -0.2) is 9.97 Å². The normalized spacial score (nSPS) is 18.8. The molecule has 2 saturated heterocycles. The molecule has 0 aromatic carbocycles. The third-order valence-electron chi connectivity index (χ3n) is 5.83. The highest BCUT2D eigenvalue weighted by Gasteiger charge is 2.31. The van der Waals surface area contributed by atoms with Gasteiger partial charge in [0.05, 0.1) is 11.4 Å². The monoisotopic (exact) mass is 541 g/mol. The summed E-state index contributed by atoms with van der Waals surface area (Å²) in [6, 6.07) is 0. The van der Waals surface area contributed by atoms with Crippen LogP contribution in [0.25, 0.3) is 0 Å². The molecule has 1 aromatic rings. The number of hydrogen-bond donors (Lipinski definition) is 6. The molecule has 1 atom stereocenters. The van der Waals surface area contributed by atoms with Crippen molar-refractivity contribution < 1.29 is 19.1 Å². The van der Waals surface area contributed by atoms with E-state index in [4.69, 9.17) is 33.2 Å². The number of rotatable bonds is 11. The zero-order valence-corrected chi connectivity index (χ0v) is 21.4. The van der Waals surface area contributed by atoms with E-state index in [2.05, 4.69) is 30.8 Å². The van der Waals surface area contributed by atoms with Gasteiger partial charge in [-0.15, -0.1) is 0 Å². The molecule has 3 heterocycles. The van der Waals surface area contributed by atoms with Crippen molar-refractivity contribution in [2.45, 2.75) is 49.9 Å². The highest BCUT2D eigenvalue weighted by atomic mass is 35.5. The molecule has 0 aliphatic carbocycles. The molecule has 2 aliphatic heterocycles. The number of carbonyl (C=O) groups is 3. The first kappa shape index (κ1) is 27.9. The van der Waals surface area contributed by atoms with Crippen LogP contribution in [-0.4, -0.2) is 82.0 Å². The number of anilines is 2. The number of aromatic nitrogens is 2. The molecule has 0 radical (unpaired) electrons. The molecule has 2 fully saturated rings. The fourth-order valence-electron chi connectivity index (χ4n) is 3.90. The van der Waals surface area contributed by atoms with Gasteiger partial charge in [-0.1, -0.05) is 23.4 Å². The highest BCUT2D eigenvalue weighted by molar-refractivity contribution is 8.15. The van der Waals surface area contributed by atoms with Gasteiger partial charge >= 0.3 is 0 Å². The number of guanidine groups is 1. The molecule has 0 spiro atoms. The molecule has 1 unspecified atom stereocenters. The van der Waals surface area contributed by atoms with Crippen LogP contribution in [-0.2, 0) is 9.53 Å². The van der Waals surface area contributed by atoms with Crippen molar-refractivity contribution >= 4 is 58.0 Å². The van der Waals surface area contributed by atoms with Crippen molar-refractivity contribution in [3.63, 3.8) is 0 Å². The lowest BCUT2D eigenvalue weighted by molar-refractivity contribution is -0.119. The third-order valence-corrected chi connectivity index (χ3v) is 7.16. The molecule has 8 N–H and O–H groups in total. The zero-order valence-electron chi connectivity index (χ0n) is 19.8.